The predicted octanol–water partition coefficient (Wildman–Crippen LogP) is 2.90. The van der Waals surface area contributed by atoms with Gasteiger partial charge in [0.05, 0.1) is 21.3 Å². The number of benzene rings is 1. The maximum absolute atomic E-state index is 6.20. The van der Waals surface area contributed by atoms with Crippen molar-refractivity contribution in [3.05, 3.63) is 17.7 Å². The standard InChI is InChI=1S/C14H23NO3/c1-5-6-7-11(15)10-8-9-12(16-2)14(18-4)13(10)17-3/h8-9,11H,5-7,15H2,1-4H3. The van der Waals surface area contributed by atoms with E-state index in [1.807, 2.05) is 12.1 Å². The Bertz CT molecular complexity index is 380. The summed E-state index contributed by atoms with van der Waals surface area (Å²) >= 11 is 0. The molecule has 0 aliphatic heterocycles. The van der Waals surface area contributed by atoms with Crippen molar-refractivity contribution in [1.82, 2.24) is 0 Å². The average Bonchev–Trinajstić information content (AvgIpc) is 2.42. The Labute approximate surface area is 109 Å². The molecular formula is C14H23NO3. The van der Waals surface area contributed by atoms with Crippen molar-refractivity contribution in [2.75, 3.05) is 21.3 Å². The zero-order valence-electron chi connectivity index (χ0n) is 11.7. The molecule has 1 aromatic rings. The highest BCUT2D eigenvalue weighted by molar-refractivity contribution is 5.56. The highest BCUT2D eigenvalue weighted by Crippen LogP contribution is 2.42. The monoisotopic (exact) mass is 253 g/mol. The number of rotatable bonds is 7. The first-order valence-electron chi connectivity index (χ1n) is 6.24. The molecule has 0 spiro atoms. The third kappa shape index (κ3) is 3.07. The van der Waals surface area contributed by atoms with Crippen LogP contribution in [0.5, 0.6) is 17.2 Å². The van der Waals surface area contributed by atoms with Crippen molar-refractivity contribution in [3.63, 3.8) is 0 Å². The fraction of sp³-hybridized carbons (Fsp3) is 0.571. The van der Waals surface area contributed by atoms with Gasteiger partial charge in [0.1, 0.15) is 0 Å². The molecule has 4 heteroatoms. The van der Waals surface area contributed by atoms with Crippen molar-refractivity contribution in [2.24, 2.45) is 5.73 Å². The van der Waals surface area contributed by atoms with Crippen molar-refractivity contribution >= 4 is 0 Å². The van der Waals surface area contributed by atoms with E-state index in [0.29, 0.717) is 17.2 Å². The predicted molar refractivity (Wildman–Crippen MR) is 72.6 cm³/mol. The van der Waals surface area contributed by atoms with E-state index in [9.17, 15) is 0 Å². The second-order valence-corrected chi connectivity index (χ2v) is 4.17. The number of hydrogen-bond acceptors (Lipinski definition) is 4. The molecule has 102 valence electrons. The van der Waals surface area contributed by atoms with Crippen molar-refractivity contribution in [3.8, 4) is 17.2 Å². The summed E-state index contributed by atoms with van der Waals surface area (Å²) < 4.78 is 16.0. The van der Waals surface area contributed by atoms with Gasteiger partial charge in [-0.25, -0.2) is 0 Å². The lowest BCUT2D eigenvalue weighted by Gasteiger charge is -2.19. The summed E-state index contributed by atoms with van der Waals surface area (Å²) in [4.78, 5) is 0. The molecule has 18 heavy (non-hydrogen) atoms. The van der Waals surface area contributed by atoms with Gasteiger partial charge in [-0.1, -0.05) is 19.8 Å². The summed E-state index contributed by atoms with van der Waals surface area (Å²) in [5, 5.41) is 0. The highest BCUT2D eigenvalue weighted by atomic mass is 16.5. The van der Waals surface area contributed by atoms with Crippen LogP contribution in [0.1, 0.15) is 37.8 Å². The number of methoxy groups -OCH3 is 3. The van der Waals surface area contributed by atoms with E-state index in [1.54, 1.807) is 21.3 Å². The second-order valence-electron chi connectivity index (χ2n) is 4.17. The van der Waals surface area contributed by atoms with Gasteiger partial charge >= 0.3 is 0 Å². The normalized spacial score (nSPS) is 12.1. The van der Waals surface area contributed by atoms with Crippen LogP contribution in [0.4, 0.5) is 0 Å². The molecule has 1 unspecified atom stereocenters. The Balaban J connectivity index is 3.11. The summed E-state index contributed by atoms with van der Waals surface area (Å²) in [5.74, 6) is 1.92. The second kappa shape index (κ2) is 7.11. The Morgan fingerprint density at radius 1 is 1.06 bits per heavy atom. The van der Waals surface area contributed by atoms with Crippen LogP contribution >= 0.6 is 0 Å². The minimum Gasteiger partial charge on any atom is -0.493 e. The molecule has 2 N–H and O–H groups in total. The Kier molecular flexibility index (Phi) is 5.78. The summed E-state index contributed by atoms with van der Waals surface area (Å²) in [6.45, 7) is 2.15. The quantitative estimate of drug-likeness (QED) is 0.811. The lowest BCUT2D eigenvalue weighted by molar-refractivity contribution is 0.320. The summed E-state index contributed by atoms with van der Waals surface area (Å²) in [6, 6.07) is 3.77. The van der Waals surface area contributed by atoms with Gasteiger partial charge in [0.15, 0.2) is 11.5 Å². The van der Waals surface area contributed by atoms with Gasteiger partial charge in [-0.3, -0.25) is 0 Å². The lowest BCUT2D eigenvalue weighted by atomic mass is 10.0. The third-order valence-corrected chi connectivity index (χ3v) is 3.00. The molecular weight excluding hydrogens is 230 g/mol. The van der Waals surface area contributed by atoms with Crippen molar-refractivity contribution in [1.29, 1.82) is 0 Å². The molecule has 0 heterocycles. The molecule has 1 atom stereocenters. The van der Waals surface area contributed by atoms with Crippen molar-refractivity contribution < 1.29 is 14.2 Å². The molecule has 0 saturated heterocycles. The lowest BCUT2D eigenvalue weighted by Crippen LogP contribution is -2.12. The van der Waals surface area contributed by atoms with Crippen LogP contribution < -0.4 is 19.9 Å². The molecule has 0 amide bonds. The van der Waals surface area contributed by atoms with Gasteiger partial charge in [-0.05, 0) is 18.6 Å². The van der Waals surface area contributed by atoms with E-state index in [0.717, 1.165) is 24.8 Å². The summed E-state index contributed by atoms with van der Waals surface area (Å²) in [7, 11) is 4.82. The van der Waals surface area contributed by atoms with Gasteiger partial charge in [0.2, 0.25) is 5.75 Å². The van der Waals surface area contributed by atoms with Crippen molar-refractivity contribution in [2.45, 2.75) is 32.2 Å². The van der Waals surface area contributed by atoms with Gasteiger partial charge in [-0.15, -0.1) is 0 Å². The van der Waals surface area contributed by atoms with Crippen LogP contribution in [0.25, 0.3) is 0 Å². The van der Waals surface area contributed by atoms with Crippen LogP contribution in [0.2, 0.25) is 0 Å². The first-order valence-corrected chi connectivity index (χ1v) is 6.24. The maximum atomic E-state index is 6.20. The molecule has 0 fully saturated rings. The van der Waals surface area contributed by atoms with Gasteiger partial charge in [0, 0.05) is 11.6 Å². The minimum absolute atomic E-state index is 0.0419. The molecule has 0 aliphatic carbocycles. The van der Waals surface area contributed by atoms with E-state index in [-0.39, 0.29) is 6.04 Å². The summed E-state index contributed by atoms with van der Waals surface area (Å²) in [6.07, 6.45) is 3.16. The molecule has 0 bridgehead atoms. The fourth-order valence-electron chi connectivity index (χ4n) is 2.00. The third-order valence-electron chi connectivity index (χ3n) is 3.00. The topological polar surface area (TPSA) is 53.7 Å². The van der Waals surface area contributed by atoms with Crippen LogP contribution in [0.3, 0.4) is 0 Å². The average molecular weight is 253 g/mol. The zero-order chi connectivity index (χ0) is 13.5. The molecule has 0 saturated carbocycles. The molecule has 1 rings (SSSR count). The Hall–Kier alpha value is -1.42. The molecule has 4 nitrogen and oxygen atoms in total. The number of ether oxygens (including phenoxy) is 3. The zero-order valence-corrected chi connectivity index (χ0v) is 11.7. The molecule has 1 aromatic carbocycles. The number of unbranched alkanes of at least 4 members (excludes halogenated alkanes) is 1. The Morgan fingerprint density at radius 3 is 2.22 bits per heavy atom. The van der Waals surface area contributed by atoms with Gasteiger partial charge in [0.25, 0.3) is 0 Å². The van der Waals surface area contributed by atoms with Crippen LogP contribution in [0.15, 0.2) is 12.1 Å². The largest absolute Gasteiger partial charge is 0.493 e. The van der Waals surface area contributed by atoms with E-state index in [4.69, 9.17) is 19.9 Å². The fourth-order valence-corrected chi connectivity index (χ4v) is 2.00. The van der Waals surface area contributed by atoms with Gasteiger partial charge < -0.3 is 19.9 Å². The van der Waals surface area contributed by atoms with Crippen LogP contribution in [0, 0.1) is 0 Å². The molecule has 0 aromatic heterocycles. The molecule has 0 aliphatic rings. The number of hydrogen-bond donors (Lipinski definition) is 1. The van der Waals surface area contributed by atoms with E-state index in [1.165, 1.54) is 0 Å². The van der Waals surface area contributed by atoms with Crippen LogP contribution in [-0.2, 0) is 0 Å². The van der Waals surface area contributed by atoms with Gasteiger partial charge in [-0.2, -0.15) is 0 Å². The SMILES string of the molecule is CCCCC(N)c1ccc(OC)c(OC)c1OC. The van der Waals surface area contributed by atoms with E-state index in [2.05, 4.69) is 6.92 Å². The van der Waals surface area contributed by atoms with E-state index >= 15 is 0 Å². The van der Waals surface area contributed by atoms with E-state index < -0.39 is 0 Å². The number of nitrogens with two attached hydrogens (primary N) is 1. The molecule has 0 radical (unpaired) electrons. The maximum Gasteiger partial charge on any atom is 0.203 e. The highest BCUT2D eigenvalue weighted by Gasteiger charge is 2.19. The first kappa shape index (κ1) is 14.6. The summed E-state index contributed by atoms with van der Waals surface area (Å²) in [5.41, 5.74) is 7.16. The minimum atomic E-state index is -0.0419. The van der Waals surface area contributed by atoms with Crippen LogP contribution in [-0.4, -0.2) is 21.3 Å². The smallest absolute Gasteiger partial charge is 0.203 e. The Morgan fingerprint density at radius 2 is 1.72 bits per heavy atom. The first-order chi connectivity index (χ1) is 8.69.